The summed E-state index contributed by atoms with van der Waals surface area (Å²) in [5.41, 5.74) is 0.319. The zero-order valence-electron chi connectivity index (χ0n) is 15.8. The van der Waals surface area contributed by atoms with Crippen molar-refractivity contribution in [2.45, 2.75) is 31.2 Å². The summed E-state index contributed by atoms with van der Waals surface area (Å²) >= 11 is 0. The normalized spacial score (nSPS) is 11.5. The van der Waals surface area contributed by atoms with Gasteiger partial charge in [0.25, 0.3) is 5.56 Å². The van der Waals surface area contributed by atoms with Crippen molar-refractivity contribution in [1.82, 2.24) is 19.7 Å². The van der Waals surface area contributed by atoms with Crippen LogP contribution >= 0.6 is 0 Å². The number of aromatic nitrogens is 3. The van der Waals surface area contributed by atoms with Gasteiger partial charge < -0.3 is 5.32 Å². The summed E-state index contributed by atoms with van der Waals surface area (Å²) in [5, 5.41) is 10.7. The SMILES string of the molecule is CCCCNS(=O)(=O)c1cccc(NC(=O)Cn2nnc3ccccc3c2=O)c1. The number of sulfonamides is 1. The van der Waals surface area contributed by atoms with E-state index in [9.17, 15) is 18.0 Å². The van der Waals surface area contributed by atoms with E-state index < -0.39 is 21.5 Å². The molecule has 2 aromatic carbocycles. The molecule has 0 aliphatic rings. The molecule has 9 nitrogen and oxygen atoms in total. The molecule has 0 saturated carbocycles. The van der Waals surface area contributed by atoms with Crippen molar-refractivity contribution >= 4 is 32.5 Å². The van der Waals surface area contributed by atoms with Gasteiger partial charge in [-0.05, 0) is 36.8 Å². The topological polar surface area (TPSA) is 123 Å². The van der Waals surface area contributed by atoms with Crippen LogP contribution in [0.25, 0.3) is 10.9 Å². The first-order valence-electron chi connectivity index (χ1n) is 9.13. The Kier molecular flexibility index (Phi) is 6.35. The maximum Gasteiger partial charge on any atom is 0.278 e. The van der Waals surface area contributed by atoms with E-state index in [1.54, 1.807) is 30.3 Å². The Bertz CT molecular complexity index is 1190. The van der Waals surface area contributed by atoms with Crippen molar-refractivity contribution in [3.8, 4) is 0 Å². The number of hydrogen-bond acceptors (Lipinski definition) is 6. The molecule has 152 valence electrons. The average Bonchev–Trinajstić information content (AvgIpc) is 2.70. The Morgan fingerprint density at radius 3 is 2.72 bits per heavy atom. The summed E-state index contributed by atoms with van der Waals surface area (Å²) in [6.45, 7) is 1.97. The minimum atomic E-state index is -3.66. The third-order valence-electron chi connectivity index (χ3n) is 4.17. The highest BCUT2D eigenvalue weighted by Gasteiger charge is 2.15. The van der Waals surface area contributed by atoms with Gasteiger partial charge in [0, 0.05) is 12.2 Å². The third-order valence-corrected chi connectivity index (χ3v) is 5.63. The lowest BCUT2D eigenvalue weighted by atomic mass is 10.2. The number of fused-ring (bicyclic) bond motifs is 1. The van der Waals surface area contributed by atoms with Gasteiger partial charge in [-0.3, -0.25) is 9.59 Å². The van der Waals surface area contributed by atoms with Crippen molar-refractivity contribution in [3.63, 3.8) is 0 Å². The summed E-state index contributed by atoms with van der Waals surface area (Å²) in [4.78, 5) is 24.8. The van der Waals surface area contributed by atoms with Crippen LogP contribution in [0.4, 0.5) is 5.69 Å². The number of carbonyl (C=O) groups is 1. The first-order valence-corrected chi connectivity index (χ1v) is 10.6. The van der Waals surface area contributed by atoms with Gasteiger partial charge in [0.2, 0.25) is 15.9 Å². The maximum absolute atomic E-state index is 12.4. The Hall–Kier alpha value is -3.11. The van der Waals surface area contributed by atoms with E-state index >= 15 is 0 Å². The summed E-state index contributed by atoms with van der Waals surface area (Å²) in [5.74, 6) is -0.523. The number of unbranched alkanes of at least 4 members (excludes halogenated alkanes) is 1. The van der Waals surface area contributed by atoms with Crippen LogP contribution in [0, 0.1) is 0 Å². The molecular formula is C19H21N5O4S. The lowest BCUT2D eigenvalue weighted by molar-refractivity contribution is -0.117. The van der Waals surface area contributed by atoms with Crippen LogP contribution < -0.4 is 15.6 Å². The molecule has 1 aromatic heterocycles. The molecule has 0 aliphatic carbocycles. The van der Waals surface area contributed by atoms with E-state index in [1.807, 2.05) is 6.92 Å². The van der Waals surface area contributed by atoms with Crippen molar-refractivity contribution in [2.75, 3.05) is 11.9 Å². The van der Waals surface area contributed by atoms with Crippen molar-refractivity contribution < 1.29 is 13.2 Å². The van der Waals surface area contributed by atoms with Gasteiger partial charge >= 0.3 is 0 Å². The van der Waals surface area contributed by atoms with Crippen LogP contribution in [-0.4, -0.2) is 35.9 Å². The van der Waals surface area contributed by atoms with Gasteiger partial charge in [0.05, 0.1) is 10.3 Å². The molecule has 10 heteroatoms. The molecule has 0 aliphatic heterocycles. The molecule has 0 fully saturated rings. The van der Waals surface area contributed by atoms with Crippen LogP contribution in [0.5, 0.6) is 0 Å². The number of nitrogens with zero attached hydrogens (tertiary/aromatic N) is 3. The Morgan fingerprint density at radius 2 is 1.93 bits per heavy atom. The highest BCUT2D eigenvalue weighted by molar-refractivity contribution is 7.89. The molecular weight excluding hydrogens is 394 g/mol. The average molecular weight is 415 g/mol. The number of benzene rings is 2. The summed E-state index contributed by atoms with van der Waals surface area (Å²) in [6, 6.07) is 12.6. The lowest BCUT2D eigenvalue weighted by Gasteiger charge is -2.10. The fraction of sp³-hybridized carbons (Fsp3) is 0.263. The molecule has 1 amide bonds. The molecule has 1 heterocycles. The van der Waals surface area contributed by atoms with E-state index in [0.717, 1.165) is 17.5 Å². The van der Waals surface area contributed by atoms with E-state index in [4.69, 9.17) is 0 Å². The van der Waals surface area contributed by atoms with E-state index in [1.165, 1.54) is 18.2 Å². The van der Waals surface area contributed by atoms with Gasteiger partial charge in [0.15, 0.2) is 0 Å². The molecule has 0 atom stereocenters. The maximum atomic E-state index is 12.4. The van der Waals surface area contributed by atoms with Crippen molar-refractivity contribution in [2.24, 2.45) is 0 Å². The van der Waals surface area contributed by atoms with Gasteiger partial charge in [-0.15, -0.1) is 5.10 Å². The summed E-state index contributed by atoms with van der Waals surface area (Å²) in [7, 11) is -3.66. The minimum absolute atomic E-state index is 0.0501. The number of anilines is 1. The van der Waals surface area contributed by atoms with Gasteiger partial charge in [-0.25, -0.2) is 17.8 Å². The van der Waals surface area contributed by atoms with Gasteiger partial charge in [-0.1, -0.05) is 36.8 Å². The third kappa shape index (κ3) is 5.04. The number of hydrogen-bond donors (Lipinski definition) is 2. The molecule has 3 aromatic rings. The second-order valence-corrected chi connectivity index (χ2v) is 8.16. The van der Waals surface area contributed by atoms with Crippen LogP contribution in [-0.2, 0) is 21.4 Å². The molecule has 0 unspecified atom stereocenters. The van der Waals surface area contributed by atoms with Crippen LogP contribution in [0.3, 0.4) is 0 Å². The van der Waals surface area contributed by atoms with E-state index in [2.05, 4.69) is 20.4 Å². The number of nitrogens with one attached hydrogen (secondary N) is 2. The second-order valence-electron chi connectivity index (χ2n) is 6.40. The minimum Gasteiger partial charge on any atom is -0.324 e. The first kappa shape index (κ1) is 20.6. The Morgan fingerprint density at radius 1 is 1.14 bits per heavy atom. The monoisotopic (exact) mass is 415 g/mol. The Labute approximate surface area is 167 Å². The molecule has 0 spiro atoms. The lowest BCUT2D eigenvalue weighted by Crippen LogP contribution is -2.30. The smallest absolute Gasteiger partial charge is 0.278 e. The zero-order chi connectivity index (χ0) is 20.9. The van der Waals surface area contributed by atoms with E-state index in [0.29, 0.717) is 23.1 Å². The molecule has 3 rings (SSSR count). The molecule has 2 N–H and O–H groups in total. The first-order chi connectivity index (χ1) is 13.9. The Balaban J connectivity index is 1.73. The molecule has 0 bridgehead atoms. The van der Waals surface area contributed by atoms with Crippen molar-refractivity contribution in [3.05, 3.63) is 58.9 Å². The molecule has 0 radical (unpaired) electrons. The fourth-order valence-corrected chi connectivity index (χ4v) is 3.79. The highest BCUT2D eigenvalue weighted by Crippen LogP contribution is 2.15. The molecule has 0 saturated heterocycles. The number of rotatable bonds is 8. The largest absolute Gasteiger partial charge is 0.324 e. The second kappa shape index (κ2) is 8.93. The van der Waals surface area contributed by atoms with Crippen LogP contribution in [0.15, 0.2) is 58.2 Å². The van der Waals surface area contributed by atoms with Gasteiger partial charge in [-0.2, -0.15) is 0 Å². The quantitative estimate of drug-likeness (QED) is 0.538. The van der Waals surface area contributed by atoms with Crippen LogP contribution in [0.2, 0.25) is 0 Å². The standard InChI is InChI=1S/C19H21N5O4S/c1-2-3-11-20-29(27,28)15-8-6-7-14(12-15)21-18(25)13-24-19(26)16-9-4-5-10-17(16)22-23-24/h4-10,12,20H,2-3,11,13H2,1H3,(H,21,25). The fourth-order valence-electron chi connectivity index (χ4n) is 2.67. The summed E-state index contributed by atoms with van der Waals surface area (Å²) in [6.07, 6.45) is 1.60. The van der Waals surface area contributed by atoms with Crippen LogP contribution in [0.1, 0.15) is 19.8 Å². The predicted octanol–water partition coefficient (Wildman–Crippen LogP) is 1.51. The summed E-state index contributed by atoms with van der Waals surface area (Å²) < 4.78 is 28.1. The highest BCUT2D eigenvalue weighted by atomic mass is 32.2. The van der Waals surface area contributed by atoms with E-state index in [-0.39, 0.29) is 11.4 Å². The number of carbonyl (C=O) groups excluding carboxylic acids is 1. The molecule has 29 heavy (non-hydrogen) atoms. The van der Waals surface area contributed by atoms with Crippen molar-refractivity contribution in [1.29, 1.82) is 0 Å². The zero-order valence-corrected chi connectivity index (χ0v) is 16.6. The van der Waals surface area contributed by atoms with Gasteiger partial charge in [0.1, 0.15) is 12.1 Å². The predicted molar refractivity (Wildman–Crippen MR) is 109 cm³/mol. The number of amides is 1.